The Morgan fingerprint density at radius 3 is 2.50 bits per heavy atom. The van der Waals surface area contributed by atoms with E-state index in [1.165, 1.54) is 13.8 Å². The Morgan fingerprint density at radius 1 is 1.07 bits per heavy atom. The van der Waals surface area contributed by atoms with Crippen LogP contribution in [0.25, 0.3) is 0 Å². The van der Waals surface area contributed by atoms with Crippen LogP contribution in [0, 0.1) is 28.6 Å². The lowest BCUT2D eigenvalue weighted by molar-refractivity contribution is -0.155. The predicted octanol–water partition coefficient (Wildman–Crippen LogP) is 3.89. The van der Waals surface area contributed by atoms with Crippen LogP contribution in [0.2, 0.25) is 0 Å². The quantitative estimate of drug-likeness (QED) is 0.676. The largest absolute Gasteiger partial charge is 0.462 e. The summed E-state index contributed by atoms with van der Waals surface area (Å²) in [6, 6.07) is 0. The topological polar surface area (TPSA) is 69.7 Å². The van der Waals surface area contributed by atoms with E-state index < -0.39 is 5.97 Å². The van der Waals surface area contributed by atoms with Gasteiger partial charge < -0.3 is 9.47 Å². The molecule has 5 nitrogen and oxygen atoms in total. The molecule has 4 aliphatic rings. The van der Waals surface area contributed by atoms with Gasteiger partial charge in [0.25, 0.3) is 0 Å². The number of ether oxygens (including phenoxy) is 2. The summed E-state index contributed by atoms with van der Waals surface area (Å²) < 4.78 is 10.9. The molecule has 0 aromatic rings. The molecule has 28 heavy (non-hydrogen) atoms. The zero-order chi connectivity index (χ0) is 20.3. The summed E-state index contributed by atoms with van der Waals surface area (Å²) in [7, 11) is 0. The smallest absolute Gasteiger partial charge is 0.308 e. The van der Waals surface area contributed by atoms with Crippen molar-refractivity contribution in [1.82, 2.24) is 0 Å². The molecular formula is C23H28O5. The van der Waals surface area contributed by atoms with Gasteiger partial charge in [-0.15, -0.1) is 0 Å². The molecule has 0 amide bonds. The fourth-order valence-corrected chi connectivity index (χ4v) is 6.30. The van der Waals surface area contributed by atoms with Crippen molar-refractivity contribution in [1.29, 1.82) is 0 Å². The van der Waals surface area contributed by atoms with Gasteiger partial charge in [-0.1, -0.05) is 26.0 Å². The van der Waals surface area contributed by atoms with Gasteiger partial charge in [0, 0.05) is 24.7 Å². The summed E-state index contributed by atoms with van der Waals surface area (Å²) in [6.45, 7) is 7.22. The number of allylic oxidation sites excluding steroid dienone is 5. The highest BCUT2D eigenvalue weighted by atomic mass is 16.5. The Bertz CT molecular complexity index is 834. The first-order valence-corrected chi connectivity index (χ1v) is 10.2. The first-order chi connectivity index (χ1) is 13.1. The van der Waals surface area contributed by atoms with E-state index in [0.717, 1.165) is 31.3 Å². The third-order valence-electron chi connectivity index (χ3n) is 7.66. The Kier molecular flexibility index (Phi) is 4.40. The zero-order valence-corrected chi connectivity index (χ0v) is 17.0. The lowest BCUT2D eigenvalue weighted by atomic mass is 9.50. The Balaban J connectivity index is 1.68. The maximum atomic E-state index is 12.4. The Labute approximate surface area is 165 Å². The van der Waals surface area contributed by atoms with Gasteiger partial charge in [0.05, 0.1) is 0 Å². The molecule has 0 saturated heterocycles. The molecule has 4 aliphatic carbocycles. The Hall–Kier alpha value is -2.17. The number of hydrogen-bond donors (Lipinski definition) is 0. The fourth-order valence-electron chi connectivity index (χ4n) is 6.30. The van der Waals surface area contributed by atoms with Crippen molar-refractivity contribution in [3.8, 4) is 0 Å². The minimum atomic E-state index is -0.473. The molecular weight excluding hydrogens is 356 g/mol. The standard InChI is InChI=1S/C23H28O5/c1-13(24)27-20-12-23(4)15(11-19(20)26)5-6-16-17-7-8-21(28-14(2)25)22(17,3)10-9-18(16)23/h5-6,11-12,16-18,21H,7-10H2,1-4H3/t16-,17-,18-,21-,22-,23-/m0/s1. The van der Waals surface area contributed by atoms with E-state index in [1.54, 1.807) is 6.08 Å². The summed E-state index contributed by atoms with van der Waals surface area (Å²) in [5, 5.41) is 0. The second-order valence-electron chi connectivity index (χ2n) is 9.22. The molecule has 0 heterocycles. The lowest BCUT2D eigenvalue weighted by Crippen LogP contribution is -2.49. The number of hydrogen-bond acceptors (Lipinski definition) is 5. The van der Waals surface area contributed by atoms with E-state index in [0.29, 0.717) is 17.8 Å². The molecule has 2 fully saturated rings. The monoisotopic (exact) mass is 384 g/mol. The summed E-state index contributed by atoms with van der Waals surface area (Å²) in [6.07, 6.45) is 11.7. The van der Waals surface area contributed by atoms with Crippen LogP contribution in [-0.2, 0) is 23.9 Å². The molecule has 4 rings (SSSR count). The highest BCUT2D eigenvalue weighted by Gasteiger charge is 2.59. The lowest BCUT2D eigenvalue weighted by Gasteiger charge is -2.54. The van der Waals surface area contributed by atoms with Crippen molar-refractivity contribution in [2.75, 3.05) is 0 Å². The summed E-state index contributed by atoms with van der Waals surface area (Å²) >= 11 is 0. The van der Waals surface area contributed by atoms with Gasteiger partial charge in [0.15, 0.2) is 5.76 Å². The maximum absolute atomic E-state index is 12.4. The molecule has 0 radical (unpaired) electrons. The average Bonchev–Trinajstić information content (AvgIpc) is 2.92. The normalized spacial score (nSPS) is 41.2. The number of carbonyl (C=O) groups is 3. The van der Waals surface area contributed by atoms with Crippen molar-refractivity contribution in [3.05, 3.63) is 35.6 Å². The van der Waals surface area contributed by atoms with Crippen molar-refractivity contribution in [2.45, 2.75) is 59.5 Å². The molecule has 2 saturated carbocycles. The number of fused-ring (bicyclic) bond motifs is 5. The molecule has 6 atom stereocenters. The van der Waals surface area contributed by atoms with Gasteiger partial charge in [-0.2, -0.15) is 0 Å². The van der Waals surface area contributed by atoms with E-state index in [2.05, 4.69) is 26.0 Å². The summed E-state index contributed by atoms with van der Waals surface area (Å²) in [5.74, 6) is 0.339. The minimum absolute atomic E-state index is 0.0122. The molecule has 0 aromatic carbocycles. The van der Waals surface area contributed by atoms with Gasteiger partial charge in [-0.3, -0.25) is 14.4 Å². The molecule has 0 unspecified atom stereocenters. The van der Waals surface area contributed by atoms with E-state index in [9.17, 15) is 14.4 Å². The fraction of sp³-hybridized carbons (Fsp3) is 0.609. The van der Waals surface area contributed by atoms with Crippen LogP contribution in [0.3, 0.4) is 0 Å². The van der Waals surface area contributed by atoms with E-state index in [1.807, 2.05) is 6.08 Å². The number of rotatable bonds is 2. The molecule has 150 valence electrons. The average molecular weight is 384 g/mol. The first kappa shape index (κ1) is 19.2. The van der Waals surface area contributed by atoms with Crippen molar-refractivity contribution in [2.24, 2.45) is 28.6 Å². The summed E-state index contributed by atoms with van der Waals surface area (Å²) in [5.41, 5.74) is 0.647. The Morgan fingerprint density at radius 2 is 1.82 bits per heavy atom. The summed E-state index contributed by atoms with van der Waals surface area (Å²) in [4.78, 5) is 35.4. The number of esters is 2. The van der Waals surface area contributed by atoms with Crippen LogP contribution in [0.1, 0.15) is 53.4 Å². The number of ketones is 1. The second kappa shape index (κ2) is 6.43. The minimum Gasteiger partial charge on any atom is -0.462 e. The van der Waals surface area contributed by atoms with Crippen LogP contribution in [0.4, 0.5) is 0 Å². The van der Waals surface area contributed by atoms with Crippen LogP contribution < -0.4 is 0 Å². The first-order valence-electron chi connectivity index (χ1n) is 10.2. The highest BCUT2D eigenvalue weighted by molar-refractivity contribution is 6.06. The van der Waals surface area contributed by atoms with Crippen LogP contribution in [-0.4, -0.2) is 23.8 Å². The molecule has 0 aromatic heterocycles. The van der Waals surface area contributed by atoms with E-state index >= 15 is 0 Å². The second-order valence-corrected chi connectivity index (χ2v) is 9.22. The van der Waals surface area contributed by atoms with Crippen molar-refractivity contribution >= 4 is 17.7 Å². The van der Waals surface area contributed by atoms with Gasteiger partial charge in [0.1, 0.15) is 6.10 Å². The van der Waals surface area contributed by atoms with Crippen molar-refractivity contribution < 1.29 is 23.9 Å². The SMILES string of the molecule is CC(=O)OC1=C[C@@]2(C)C(=CC1=O)C=C[C@H]1[C@@H]3CC[C@H](OC(C)=O)[C@@]3(C)CC[C@@H]12. The molecule has 0 spiro atoms. The van der Waals surface area contributed by atoms with Crippen LogP contribution in [0.15, 0.2) is 35.6 Å². The number of carbonyl (C=O) groups excluding carboxylic acids is 3. The zero-order valence-electron chi connectivity index (χ0n) is 17.0. The van der Waals surface area contributed by atoms with E-state index in [4.69, 9.17) is 9.47 Å². The molecule has 0 N–H and O–H groups in total. The van der Waals surface area contributed by atoms with Gasteiger partial charge in [0.2, 0.25) is 5.78 Å². The third kappa shape index (κ3) is 2.78. The van der Waals surface area contributed by atoms with Crippen LogP contribution >= 0.6 is 0 Å². The molecule has 5 heteroatoms. The maximum Gasteiger partial charge on any atom is 0.308 e. The molecule has 0 bridgehead atoms. The van der Waals surface area contributed by atoms with E-state index in [-0.39, 0.29) is 34.4 Å². The van der Waals surface area contributed by atoms with Gasteiger partial charge in [-0.05, 0) is 61.2 Å². The van der Waals surface area contributed by atoms with Crippen molar-refractivity contribution in [3.63, 3.8) is 0 Å². The van der Waals surface area contributed by atoms with Crippen LogP contribution in [0.5, 0.6) is 0 Å². The predicted molar refractivity (Wildman–Crippen MR) is 103 cm³/mol. The third-order valence-corrected chi connectivity index (χ3v) is 7.66. The van der Waals surface area contributed by atoms with Gasteiger partial charge in [-0.25, -0.2) is 0 Å². The molecule has 0 aliphatic heterocycles. The highest BCUT2D eigenvalue weighted by Crippen LogP contribution is 2.63. The van der Waals surface area contributed by atoms with Gasteiger partial charge >= 0.3 is 11.9 Å².